The molecule has 1 aliphatic carbocycles. The summed E-state index contributed by atoms with van der Waals surface area (Å²) in [5.74, 6) is 1.57. The van der Waals surface area contributed by atoms with Gasteiger partial charge in [-0.05, 0) is 42.4 Å². The normalized spacial score (nSPS) is 19.9. The molecule has 0 amide bonds. The first-order valence-electron chi connectivity index (χ1n) is 9.51. The molecule has 0 atom stereocenters. The second-order valence-corrected chi connectivity index (χ2v) is 7.78. The first kappa shape index (κ1) is 21.0. The molecule has 0 bridgehead atoms. The van der Waals surface area contributed by atoms with Gasteiger partial charge in [0, 0.05) is 25.1 Å². The number of hydrogen-bond donors (Lipinski definition) is 1. The zero-order valence-electron chi connectivity index (χ0n) is 17.1. The van der Waals surface area contributed by atoms with E-state index >= 15 is 0 Å². The number of Topliss-reactive ketones (excluding diaryl/α,β-unsaturated/α-hetero) is 1. The van der Waals surface area contributed by atoms with E-state index in [4.69, 9.17) is 14.5 Å². The number of nitrogens with zero attached hydrogens (tertiary/aromatic N) is 1. The first-order valence-corrected chi connectivity index (χ1v) is 9.51. The number of allylic oxidation sites excluding steroid dienone is 2. The molecule has 0 unspecified atom stereocenters. The van der Waals surface area contributed by atoms with E-state index in [0.29, 0.717) is 42.9 Å². The van der Waals surface area contributed by atoms with Crippen LogP contribution in [-0.2, 0) is 11.2 Å². The lowest BCUT2D eigenvalue weighted by atomic mass is 9.73. The second kappa shape index (κ2) is 9.07. The van der Waals surface area contributed by atoms with Crippen LogP contribution in [0.2, 0.25) is 0 Å². The van der Waals surface area contributed by atoms with Gasteiger partial charge in [0.15, 0.2) is 17.3 Å². The molecule has 1 aromatic rings. The molecular weight excluding hydrogens is 342 g/mol. The molecule has 27 heavy (non-hydrogen) atoms. The highest BCUT2D eigenvalue weighted by molar-refractivity contribution is 6.24. The molecule has 5 nitrogen and oxygen atoms in total. The van der Waals surface area contributed by atoms with Crippen molar-refractivity contribution < 1.29 is 19.4 Å². The van der Waals surface area contributed by atoms with E-state index in [0.717, 1.165) is 24.1 Å². The molecule has 1 aliphatic rings. The zero-order valence-corrected chi connectivity index (χ0v) is 17.1. The van der Waals surface area contributed by atoms with Crippen molar-refractivity contribution in [1.82, 2.24) is 0 Å². The third-order valence-electron chi connectivity index (χ3n) is 4.78. The van der Waals surface area contributed by atoms with Crippen molar-refractivity contribution >= 4 is 11.5 Å². The Morgan fingerprint density at radius 3 is 2.52 bits per heavy atom. The lowest BCUT2D eigenvalue weighted by Crippen LogP contribution is -2.33. The molecular formula is C22H31NO4. The third kappa shape index (κ3) is 5.34. The molecule has 0 aromatic heterocycles. The predicted molar refractivity (Wildman–Crippen MR) is 108 cm³/mol. The van der Waals surface area contributed by atoms with Crippen molar-refractivity contribution in [1.29, 1.82) is 0 Å². The number of rotatable bonds is 7. The van der Waals surface area contributed by atoms with Gasteiger partial charge >= 0.3 is 0 Å². The van der Waals surface area contributed by atoms with Crippen molar-refractivity contribution in [3.63, 3.8) is 0 Å². The van der Waals surface area contributed by atoms with Crippen molar-refractivity contribution in [2.75, 3.05) is 20.8 Å². The summed E-state index contributed by atoms with van der Waals surface area (Å²) in [5.41, 5.74) is 2.14. The van der Waals surface area contributed by atoms with E-state index in [1.54, 1.807) is 14.2 Å². The van der Waals surface area contributed by atoms with Crippen molar-refractivity contribution in [2.24, 2.45) is 10.4 Å². The number of methoxy groups -OCH3 is 2. The number of carbonyl (C=O) groups excluding carboxylic acids is 1. The minimum Gasteiger partial charge on any atom is -0.511 e. The highest BCUT2D eigenvalue weighted by Crippen LogP contribution is 2.36. The van der Waals surface area contributed by atoms with E-state index in [-0.39, 0.29) is 17.0 Å². The molecule has 0 heterocycles. The number of aliphatic hydroxyl groups excluding tert-OH is 1. The first-order chi connectivity index (χ1) is 12.8. The largest absolute Gasteiger partial charge is 0.511 e. The molecule has 0 radical (unpaired) electrons. The van der Waals surface area contributed by atoms with Crippen LogP contribution in [0.5, 0.6) is 11.5 Å². The summed E-state index contributed by atoms with van der Waals surface area (Å²) in [7, 11) is 3.23. The standard InChI is InChI=1S/C22H31NO4/c1-6-7-17(24)21-16(13-22(2,3)14-18(21)25)23-11-10-15-8-9-19(26-4)20(12-15)27-5/h8-9,12,24H,6-7,10-11,13-14H2,1-5H3/b21-17-,23-16?. The molecule has 1 fully saturated rings. The monoisotopic (exact) mass is 373 g/mol. The lowest BCUT2D eigenvalue weighted by Gasteiger charge is -2.31. The van der Waals surface area contributed by atoms with E-state index in [1.165, 1.54) is 0 Å². The smallest absolute Gasteiger partial charge is 0.168 e. The summed E-state index contributed by atoms with van der Waals surface area (Å²) in [5, 5.41) is 10.4. The Bertz CT molecular complexity index is 747. The molecule has 2 rings (SSSR count). The van der Waals surface area contributed by atoms with Gasteiger partial charge in [-0.3, -0.25) is 9.79 Å². The van der Waals surface area contributed by atoms with Gasteiger partial charge in [-0.1, -0.05) is 26.8 Å². The maximum absolute atomic E-state index is 12.6. The number of ether oxygens (including phenoxy) is 2. The Hall–Kier alpha value is -2.30. The third-order valence-corrected chi connectivity index (χ3v) is 4.78. The topological polar surface area (TPSA) is 68.1 Å². The van der Waals surface area contributed by atoms with Crippen LogP contribution in [-0.4, -0.2) is 37.4 Å². The number of aliphatic imine (C=N–C) groups is 1. The maximum atomic E-state index is 12.6. The van der Waals surface area contributed by atoms with Crippen LogP contribution in [0.3, 0.4) is 0 Å². The van der Waals surface area contributed by atoms with Gasteiger partial charge in [0.2, 0.25) is 0 Å². The fraction of sp³-hybridized carbons (Fsp3) is 0.545. The van der Waals surface area contributed by atoms with Gasteiger partial charge in [-0.25, -0.2) is 0 Å². The lowest BCUT2D eigenvalue weighted by molar-refractivity contribution is -0.117. The average Bonchev–Trinajstić information content (AvgIpc) is 2.60. The quantitative estimate of drug-likeness (QED) is 0.556. The van der Waals surface area contributed by atoms with Crippen molar-refractivity contribution in [3.8, 4) is 11.5 Å². The number of benzene rings is 1. The minimum absolute atomic E-state index is 0.00191. The summed E-state index contributed by atoms with van der Waals surface area (Å²) >= 11 is 0. The molecule has 0 saturated heterocycles. The molecule has 148 valence electrons. The highest BCUT2D eigenvalue weighted by atomic mass is 16.5. The van der Waals surface area contributed by atoms with Crippen LogP contribution in [0.4, 0.5) is 0 Å². The Morgan fingerprint density at radius 1 is 1.19 bits per heavy atom. The van der Waals surface area contributed by atoms with Crippen molar-refractivity contribution in [2.45, 2.75) is 52.9 Å². The van der Waals surface area contributed by atoms with E-state index in [1.807, 2.05) is 25.1 Å². The molecule has 5 heteroatoms. The number of aliphatic hydroxyl groups is 1. The average molecular weight is 373 g/mol. The van der Waals surface area contributed by atoms with Crippen LogP contribution >= 0.6 is 0 Å². The van der Waals surface area contributed by atoms with E-state index in [2.05, 4.69) is 13.8 Å². The number of hydrogen-bond acceptors (Lipinski definition) is 5. The Kier molecular flexibility index (Phi) is 7.05. The van der Waals surface area contributed by atoms with Crippen molar-refractivity contribution in [3.05, 3.63) is 35.1 Å². The Morgan fingerprint density at radius 2 is 1.89 bits per heavy atom. The Balaban J connectivity index is 2.21. The molecule has 1 saturated carbocycles. The fourth-order valence-electron chi connectivity index (χ4n) is 3.47. The summed E-state index contributed by atoms with van der Waals surface area (Å²) in [6.07, 6.45) is 3.18. The van der Waals surface area contributed by atoms with Gasteiger partial charge in [-0.15, -0.1) is 0 Å². The molecule has 0 spiro atoms. The molecule has 1 N–H and O–H groups in total. The van der Waals surface area contributed by atoms with Gasteiger partial charge in [0.05, 0.1) is 19.8 Å². The molecule has 0 aliphatic heterocycles. The number of ketones is 1. The van der Waals surface area contributed by atoms with Crippen LogP contribution in [0, 0.1) is 5.41 Å². The van der Waals surface area contributed by atoms with Crippen LogP contribution < -0.4 is 9.47 Å². The molecule has 1 aromatic carbocycles. The van der Waals surface area contributed by atoms with Gasteiger partial charge < -0.3 is 14.6 Å². The van der Waals surface area contributed by atoms with Gasteiger partial charge in [0.1, 0.15) is 5.76 Å². The van der Waals surface area contributed by atoms with Crippen LogP contribution in [0.25, 0.3) is 0 Å². The summed E-state index contributed by atoms with van der Waals surface area (Å²) in [6, 6.07) is 5.82. The summed E-state index contributed by atoms with van der Waals surface area (Å²) in [4.78, 5) is 17.3. The van der Waals surface area contributed by atoms with Gasteiger partial charge in [0.25, 0.3) is 0 Å². The second-order valence-electron chi connectivity index (χ2n) is 7.78. The fourth-order valence-corrected chi connectivity index (χ4v) is 3.47. The maximum Gasteiger partial charge on any atom is 0.168 e. The number of carbonyl (C=O) groups is 1. The zero-order chi connectivity index (χ0) is 20.0. The predicted octanol–water partition coefficient (Wildman–Crippen LogP) is 4.69. The Labute approximate surface area is 162 Å². The van der Waals surface area contributed by atoms with Crippen LogP contribution in [0.1, 0.15) is 52.0 Å². The minimum atomic E-state index is -0.130. The SMILES string of the molecule is CCC/C(O)=C1/C(=O)CC(C)(C)CC1=NCCc1ccc(OC)c(OC)c1. The summed E-state index contributed by atoms with van der Waals surface area (Å²) in [6.45, 7) is 6.68. The van der Waals surface area contributed by atoms with Crippen LogP contribution in [0.15, 0.2) is 34.5 Å². The van der Waals surface area contributed by atoms with Gasteiger partial charge in [-0.2, -0.15) is 0 Å². The highest BCUT2D eigenvalue weighted by Gasteiger charge is 2.35. The summed E-state index contributed by atoms with van der Waals surface area (Å²) < 4.78 is 10.6. The van der Waals surface area contributed by atoms with E-state index in [9.17, 15) is 9.90 Å². The van der Waals surface area contributed by atoms with E-state index < -0.39 is 0 Å².